The van der Waals surface area contributed by atoms with Crippen LogP contribution in [0.15, 0.2) is 55.0 Å². The molecule has 0 bridgehead atoms. The number of rotatable bonds is 5. The third kappa shape index (κ3) is 3.54. The van der Waals surface area contributed by atoms with Gasteiger partial charge in [-0.15, -0.1) is 0 Å². The van der Waals surface area contributed by atoms with Crippen molar-refractivity contribution in [2.24, 2.45) is 5.92 Å². The number of amides is 1. The molecule has 134 valence electrons. The van der Waals surface area contributed by atoms with Gasteiger partial charge >= 0.3 is 0 Å². The fourth-order valence-electron chi connectivity index (χ4n) is 3.61. The van der Waals surface area contributed by atoms with Crippen molar-refractivity contribution < 1.29 is 4.79 Å². The minimum atomic E-state index is -0.00559. The first-order valence-electron chi connectivity index (χ1n) is 9.15. The van der Waals surface area contributed by atoms with Gasteiger partial charge in [0.05, 0.1) is 5.92 Å². The Labute approximate surface area is 152 Å². The number of hydrogen-bond acceptors (Lipinski definition) is 4. The van der Waals surface area contributed by atoms with E-state index < -0.39 is 0 Å². The van der Waals surface area contributed by atoms with E-state index in [9.17, 15) is 4.79 Å². The Balaban J connectivity index is 1.32. The number of para-hydroxylation sites is 1. The molecule has 0 unspecified atom stereocenters. The van der Waals surface area contributed by atoms with Crippen LogP contribution in [0.4, 0.5) is 5.95 Å². The second-order valence-electron chi connectivity index (χ2n) is 6.69. The van der Waals surface area contributed by atoms with E-state index in [0.717, 1.165) is 25.9 Å². The third-order valence-electron chi connectivity index (χ3n) is 4.96. The van der Waals surface area contributed by atoms with E-state index in [-0.39, 0.29) is 11.8 Å². The van der Waals surface area contributed by atoms with Crippen molar-refractivity contribution in [3.8, 4) is 0 Å². The molecular weight excluding hydrogens is 326 g/mol. The van der Waals surface area contributed by atoms with Gasteiger partial charge in [-0.1, -0.05) is 18.2 Å². The molecule has 1 aliphatic rings. The maximum Gasteiger partial charge on any atom is 0.225 e. The monoisotopic (exact) mass is 349 g/mol. The maximum atomic E-state index is 12.6. The first-order chi connectivity index (χ1) is 12.8. The quantitative estimate of drug-likeness (QED) is 0.769. The molecular formula is C20H23N5O. The summed E-state index contributed by atoms with van der Waals surface area (Å²) < 4.78 is 2.18. The molecule has 1 N–H and O–H groups in total. The van der Waals surface area contributed by atoms with Gasteiger partial charge in [0.15, 0.2) is 0 Å². The SMILES string of the molecule is O=C(NCCn1ccc2ccccc21)[C@@H]1CCCN(c2ncccn2)C1. The number of carbonyl (C=O) groups is 1. The fraction of sp³-hybridized carbons (Fsp3) is 0.350. The number of nitrogens with zero attached hydrogens (tertiary/aromatic N) is 4. The Kier molecular flexibility index (Phi) is 4.82. The first kappa shape index (κ1) is 16.6. The van der Waals surface area contributed by atoms with Crippen molar-refractivity contribution >= 4 is 22.8 Å². The molecule has 4 rings (SSSR count). The maximum absolute atomic E-state index is 12.6. The molecule has 2 aromatic heterocycles. The molecule has 6 heteroatoms. The lowest BCUT2D eigenvalue weighted by molar-refractivity contribution is -0.125. The van der Waals surface area contributed by atoms with Crippen molar-refractivity contribution in [2.45, 2.75) is 19.4 Å². The van der Waals surface area contributed by atoms with Crippen LogP contribution in [0.5, 0.6) is 0 Å². The van der Waals surface area contributed by atoms with Crippen LogP contribution in [0, 0.1) is 5.92 Å². The Hall–Kier alpha value is -2.89. The summed E-state index contributed by atoms with van der Waals surface area (Å²) in [6.07, 6.45) is 7.47. The van der Waals surface area contributed by atoms with Crippen molar-refractivity contribution in [1.29, 1.82) is 0 Å². The topological polar surface area (TPSA) is 63.1 Å². The second kappa shape index (κ2) is 7.56. The first-order valence-corrected chi connectivity index (χ1v) is 9.15. The summed E-state index contributed by atoms with van der Waals surface area (Å²) in [5.74, 6) is 0.833. The molecule has 1 aliphatic heterocycles. The van der Waals surface area contributed by atoms with Crippen molar-refractivity contribution in [3.05, 3.63) is 55.0 Å². The molecule has 0 radical (unpaired) electrons. The zero-order valence-corrected chi connectivity index (χ0v) is 14.7. The highest BCUT2D eigenvalue weighted by atomic mass is 16.1. The highest BCUT2D eigenvalue weighted by Crippen LogP contribution is 2.20. The van der Waals surface area contributed by atoms with Crippen LogP contribution in [0.25, 0.3) is 10.9 Å². The molecule has 1 aromatic carbocycles. The van der Waals surface area contributed by atoms with Crippen molar-refractivity contribution in [2.75, 3.05) is 24.5 Å². The summed E-state index contributed by atoms with van der Waals surface area (Å²) in [6, 6.07) is 12.2. The fourth-order valence-corrected chi connectivity index (χ4v) is 3.61. The third-order valence-corrected chi connectivity index (χ3v) is 4.96. The van der Waals surface area contributed by atoms with Crippen LogP contribution in [0.2, 0.25) is 0 Å². The lowest BCUT2D eigenvalue weighted by atomic mass is 9.97. The molecule has 1 amide bonds. The van der Waals surface area contributed by atoms with E-state index in [1.807, 2.05) is 18.2 Å². The van der Waals surface area contributed by atoms with E-state index in [0.29, 0.717) is 19.0 Å². The Morgan fingerprint density at radius 1 is 1.15 bits per heavy atom. The van der Waals surface area contributed by atoms with E-state index in [1.165, 1.54) is 10.9 Å². The van der Waals surface area contributed by atoms with Gasteiger partial charge in [0.25, 0.3) is 0 Å². The van der Waals surface area contributed by atoms with Gasteiger partial charge in [0.1, 0.15) is 0 Å². The molecule has 1 saturated heterocycles. The zero-order chi connectivity index (χ0) is 17.8. The Morgan fingerprint density at radius 2 is 2.00 bits per heavy atom. The van der Waals surface area contributed by atoms with Gasteiger partial charge in [0, 0.05) is 50.3 Å². The molecule has 3 heterocycles. The number of benzene rings is 1. The largest absolute Gasteiger partial charge is 0.354 e. The number of aromatic nitrogens is 3. The molecule has 26 heavy (non-hydrogen) atoms. The van der Waals surface area contributed by atoms with Crippen LogP contribution in [-0.4, -0.2) is 40.1 Å². The van der Waals surface area contributed by atoms with E-state index in [2.05, 4.69) is 49.1 Å². The van der Waals surface area contributed by atoms with Gasteiger partial charge < -0.3 is 14.8 Å². The van der Waals surface area contributed by atoms with Crippen LogP contribution >= 0.6 is 0 Å². The number of carbonyl (C=O) groups excluding carboxylic acids is 1. The number of piperidine rings is 1. The predicted octanol–water partition coefficient (Wildman–Crippen LogP) is 2.46. The van der Waals surface area contributed by atoms with E-state index in [4.69, 9.17) is 0 Å². The number of fused-ring (bicyclic) bond motifs is 1. The summed E-state index contributed by atoms with van der Waals surface area (Å²) in [5.41, 5.74) is 1.20. The Bertz CT molecular complexity index is 876. The van der Waals surface area contributed by atoms with Gasteiger partial charge in [-0.05, 0) is 36.4 Å². The van der Waals surface area contributed by atoms with Crippen molar-refractivity contribution in [1.82, 2.24) is 19.9 Å². The summed E-state index contributed by atoms with van der Waals surface area (Å²) in [4.78, 5) is 23.3. The molecule has 0 aliphatic carbocycles. The van der Waals surface area contributed by atoms with Crippen LogP contribution in [0.3, 0.4) is 0 Å². The smallest absolute Gasteiger partial charge is 0.225 e. The van der Waals surface area contributed by atoms with Crippen LogP contribution < -0.4 is 10.2 Å². The average Bonchev–Trinajstić information content (AvgIpc) is 3.12. The van der Waals surface area contributed by atoms with Crippen molar-refractivity contribution in [3.63, 3.8) is 0 Å². The molecule has 0 saturated carbocycles. The molecule has 1 atom stereocenters. The zero-order valence-electron chi connectivity index (χ0n) is 14.7. The number of hydrogen-bond donors (Lipinski definition) is 1. The number of anilines is 1. The summed E-state index contributed by atoms with van der Waals surface area (Å²) in [6.45, 7) is 3.00. The molecule has 3 aromatic rings. The van der Waals surface area contributed by atoms with Gasteiger partial charge in [0.2, 0.25) is 11.9 Å². The van der Waals surface area contributed by atoms with Crippen LogP contribution in [0.1, 0.15) is 12.8 Å². The minimum Gasteiger partial charge on any atom is -0.354 e. The summed E-state index contributed by atoms with van der Waals surface area (Å²) in [5, 5.41) is 4.33. The highest BCUT2D eigenvalue weighted by molar-refractivity contribution is 5.80. The van der Waals surface area contributed by atoms with Gasteiger partial charge in [-0.2, -0.15) is 0 Å². The minimum absolute atomic E-state index is 0.00559. The van der Waals surface area contributed by atoms with Gasteiger partial charge in [-0.25, -0.2) is 9.97 Å². The van der Waals surface area contributed by atoms with E-state index >= 15 is 0 Å². The Morgan fingerprint density at radius 3 is 2.88 bits per heavy atom. The second-order valence-corrected chi connectivity index (χ2v) is 6.69. The molecule has 0 spiro atoms. The van der Waals surface area contributed by atoms with E-state index in [1.54, 1.807) is 12.4 Å². The predicted molar refractivity (Wildman–Crippen MR) is 102 cm³/mol. The average molecular weight is 349 g/mol. The van der Waals surface area contributed by atoms with Crippen LogP contribution in [-0.2, 0) is 11.3 Å². The summed E-state index contributed by atoms with van der Waals surface area (Å²) >= 11 is 0. The molecule has 6 nitrogen and oxygen atoms in total. The molecule has 1 fully saturated rings. The van der Waals surface area contributed by atoms with Gasteiger partial charge in [-0.3, -0.25) is 4.79 Å². The summed E-state index contributed by atoms with van der Waals surface area (Å²) in [7, 11) is 0. The standard InChI is InChI=1S/C20H23N5O/c26-19(17-6-3-12-25(15-17)20-22-9-4-10-23-20)21-11-14-24-13-8-16-5-1-2-7-18(16)24/h1-2,4-5,7-10,13,17H,3,6,11-12,14-15H2,(H,21,26)/t17-/m1/s1. The lowest BCUT2D eigenvalue weighted by Crippen LogP contribution is -2.44. The lowest BCUT2D eigenvalue weighted by Gasteiger charge is -2.31. The normalized spacial score (nSPS) is 17.4. The number of nitrogens with one attached hydrogen (secondary N) is 1. The highest BCUT2D eigenvalue weighted by Gasteiger charge is 2.26.